The van der Waals surface area contributed by atoms with E-state index in [4.69, 9.17) is 5.11 Å². The van der Waals surface area contributed by atoms with E-state index in [2.05, 4.69) is 35.2 Å². The molecule has 1 aliphatic rings. The van der Waals surface area contributed by atoms with Gasteiger partial charge in [0.25, 0.3) is 0 Å². The molecule has 0 bridgehead atoms. The smallest absolute Gasteiger partial charge is 0.0443 e. The number of hydrogen-bond acceptors (Lipinski definition) is 2. The normalized spacial score (nSPS) is 21.4. The first-order valence-corrected chi connectivity index (χ1v) is 6.25. The summed E-state index contributed by atoms with van der Waals surface area (Å²) in [5.74, 6) is 0.807. The molecule has 2 heteroatoms. The van der Waals surface area contributed by atoms with Crippen molar-refractivity contribution in [2.75, 3.05) is 26.2 Å². The van der Waals surface area contributed by atoms with E-state index >= 15 is 0 Å². The largest absolute Gasteiger partial charge is 0.396 e. The Labute approximate surface area is 97.9 Å². The van der Waals surface area contributed by atoms with Gasteiger partial charge in [0.2, 0.25) is 0 Å². The number of aliphatic hydroxyl groups is 1. The molecular formula is C14H21NO. The van der Waals surface area contributed by atoms with Gasteiger partial charge in [0, 0.05) is 19.7 Å². The van der Waals surface area contributed by atoms with E-state index in [0.29, 0.717) is 6.61 Å². The number of nitrogens with zero attached hydrogens (tertiary/aromatic N) is 1. The number of likely N-dealkylation sites (tertiary alicyclic amines) is 1. The van der Waals surface area contributed by atoms with Gasteiger partial charge in [-0.3, -0.25) is 0 Å². The van der Waals surface area contributed by atoms with Gasteiger partial charge in [-0.1, -0.05) is 30.3 Å². The molecule has 0 saturated carbocycles. The minimum absolute atomic E-state index is 0.319. The maximum absolute atomic E-state index is 8.80. The molecule has 0 spiro atoms. The summed E-state index contributed by atoms with van der Waals surface area (Å²) < 4.78 is 0. The van der Waals surface area contributed by atoms with Crippen LogP contribution in [0.1, 0.15) is 18.4 Å². The fourth-order valence-electron chi connectivity index (χ4n) is 2.52. The predicted octanol–water partition coefficient (Wildman–Crippen LogP) is 1.93. The Balaban J connectivity index is 1.76. The van der Waals surface area contributed by atoms with Crippen molar-refractivity contribution >= 4 is 0 Å². The van der Waals surface area contributed by atoms with Crippen molar-refractivity contribution < 1.29 is 5.11 Å². The summed E-state index contributed by atoms with van der Waals surface area (Å²) in [6, 6.07) is 10.8. The second-order valence-corrected chi connectivity index (χ2v) is 4.72. The molecule has 1 unspecified atom stereocenters. The highest BCUT2D eigenvalue weighted by molar-refractivity contribution is 5.15. The van der Waals surface area contributed by atoms with Crippen LogP contribution in [0.4, 0.5) is 0 Å². The molecule has 16 heavy (non-hydrogen) atoms. The molecule has 0 aliphatic carbocycles. The Morgan fingerprint density at radius 3 is 2.81 bits per heavy atom. The zero-order valence-electron chi connectivity index (χ0n) is 9.81. The van der Waals surface area contributed by atoms with Gasteiger partial charge in [-0.05, 0) is 37.3 Å². The average molecular weight is 219 g/mol. The zero-order chi connectivity index (χ0) is 11.2. The third kappa shape index (κ3) is 3.32. The Morgan fingerprint density at radius 1 is 1.25 bits per heavy atom. The lowest BCUT2D eigenvalue weighted by atomic mass is 9.99. The first-order valence-electron chi connectivity index (χ1n) is 6.25. The molecule has 0 aromatic heterocycles. The van der Waals surface area contributed by atoms with E-state index in [0.717, 1.165) is 18.9 Å². The molecule has 1 N–H and O–H groups in total. The third-order valence-corrected chi connectivity index (χ3v) is 3.37. The van der Waals surface area contributed by atoms with Crippen molar-refractivity contribution in [2.45, 2.75) is 19.3 Å². The van der Waals surface area contributed by atoms with Crippen LogP contribution in [-0.2, 0) is 6.42 Å². The van der Waals surface area contributed by atoms with Crippen molar-refractivity contribution in [3.05, 3.63) is 35.9 Å². The lowest BCUT2D eigenvalue weighted by Gasteiger charge is -2.15. The van der Waals surface area contributed by atoms with Crippen LogP contribution in [0.25, 0.3) is 0 Å². The monoisotopic (exact) mass is 219 g/mol. The Bertz CT molecular complexity index is 299. The molecular weight excluding hydrogens is 198 g/mol. The second kappa shape index (κ2) is 6.02. The standard InChI is InChI=1S/C14H21NO/c16-10-4-8-15-9-7-14(12-15)11-13-5-2-1-3-6-13/h1-3,5-6,14,16H,4,7-12H2. The molecule has 1 aromatic rings. The predicted molar refractivity (Wildman–Crippen MR) is 66.4 cm³/mol. The van der Waals surface area contributed by atoms with Crippen molar-refractivity contribution in [2.24, 2.45) is 5.92 Å². The molecule has 88 valence electrons. The van der Waals surface area contributed by atoms with Crippen LogP contribution in [0.2, 0.25) is 0 Å². The molecule has 1 heterocycles. The van der Waals surface area contributed by atoms with Gasteiger partial charge in [0.05, 0.1) is 0 Å². The quantitative estimate of drug-likeness (QED) is 0.818. The number of benzene rings is 1. The Hall–Kier alpha value is -0.860. The molecule has 1 saturated heterocycles. The van der Waals surface area contributed by atoms with Gasteiger partial charge in [0.1, 0.15) is 0 Å². The first-order chi connectivity index (χ1) is 7.88. The molecule has 1 aliphatic heterocycles. The van der Waals surface area contributed by atoms with Gasteiger partial charge >= 0.3 is 0 Å². The van der Waals surface area contributed by atoms with Gasteiger partial charge in [-0.25, -0.2) is 0 Å². The minimum atomic E-state index is 0.319. The van der Waals surface area contributed by atoms with E-state index in [1.54, 1.807) is 0 Å². The SMILES string of the molecule is OCCCN1CCC(Cc2ccccc2)C1. The van der Waals surface area contributed by atoms with Crippen LogP contribution < -0.4 is 0 Å². The summed E-state index contributed by atoms with van der Waals surface area (Å²) in [6.07, 6.45) is 3.43. The van der Waals surface area contributed by atoms with Gasteiger partial charge in [0.15, 0.2) is 0 Å². The van der Waals surface area contributed by atoms with Crippen molar-refractivity contribution in [1.82, 2.24) is 4.90 Å². The van der Waals surface area contributed by atoms with E-state index in [-0.39, 0.29) is 0 Å². The van der Waals surface area contributed by atoms with Crippen LogP contribution in [0.3, 0.4) is 0 Å². The fourth-order valence-corrected chi connectivity index (χ4v) is 2.52. The molecule has 1 fully saturated rings. The summed E-state index contributed by atoms with van der Waals surface area (Å²) in [4.78, 5) is 2.48. The average Bonchev–Trinajstić information content (AvgIpc) is 2.75. The Morgan fingerprint density at radius 2 is 2.06 bits per heavy atom. The summed E-state index contributed by atoms with van der Waals surface area (Å²) >= 11 is 0. The highest BCUT2D eigenvalue weighted by atomic mass is 16.3. The Kier molecular flexibility index (Phi) is 4.37. The molecule has 2 nitrogen and oxygen atoms in total. The molecule has 1 aromatic carbocycles. The lowest BCUT2D eigenvalue weighted by Crippen LogP contribution is -2.23. The van der Waals surface area contributed by atoms with Crippen molar-refractivity contribution in [3.8, 4) is 0 Å². The highest BCUT2D eigenvalue weighted by Gasteiger charge is 2.21. The lowest BCUT2D eigenvalue weighted by molar-refractivity contribution is 0.244. The molecule has 0 amide bonds. The summed E-state index contributed by atoms with van der Waals surface area (Å²) in [7, 11) is 0. The molecule has 2 rings (SSSR count). The second-order valence-electron chi connectivity index (χ2n) is 4.72. The molecule has 0 radical (unpaired) electrons. The van der Waals surface area contributed by atoms with Crippen molar-refractivity contribution in [3.63, 3.8) is 0 Å². The summed E-state index contributed by atoms with van der Waals surface area (Å²) in [6.45, 7) is 3.79. The fraction of sp³-hybridized carbons (Fsp3) is 0.571. The van der Waals surface area contributed by atoms with E-state index in [1.165, 1.54) is 31.5 Å². The topological polar surface area (TPSA) is 23.5 Å². The number of rotatable bonds is 5. The van der Waals surface area contributed by atoms with E-state index in [9.17, 15) is 0 Å². The molecule has 1 atom stereocenters. The van der Waals surface area contributed by atoms with Gasteiger partial charge < -0.3 is 10.0 Å². The van der Waals surface area contributed by atoms with Gasteiger partial charge in [-0.2, -0.15) is 0 Å². The van der Waals surface area contributed by atoms with E-state index in [1.807, 2.05) is 0 Å². The van der Waals surface area contributed by atoms with Crippen LogP contribution in [0.5, 0.6) is 0 Å². The van der Waals surface area contributed by atoms with Crippen LogP contribution in [0.15, 0.2) is 30.3 Å². The van der Waals surface area contributed by atoms with Crippen LogP contribution >= 0.6 is 0 Å². The number of aliphatic hydroxyl groups excluding tert-OH is 1. The summed E-state index contributed by atoms with van der Waals surface area (Å²) in [5.41, 5.74) is 1.46. The maximum atomic E-state index is 8.80. The van der Waals surface area contributed by atoms with Gasteiger partial charge in [-0.15, -0.1) is 0 Å². The maximum Gasteiger partial charge on any atom is 0.0443 e. The number of hydrogen-bond donors (Lipinski definition) is 1. The van der Waals surface area contributed by atoms with Crippen LogP contribution in [-0.4, -0.2) is 36.2 Å². The van der Waals surface area contributed by atoms with E-state index < -0.39 is 0 Å². The highest BCUT2D eigenvalue weighted by Crippen LogP contribution is 2.20. The summed E-state index contributed by atoms with van der Waals surface area (Å²) in [5, 5.41) is 8.80. The minimum Gasteiger partial charge on any atom is -0.396 e. The van der Waals surface area contributed by atoms with Crippen molar-refractivity contribution in [1.29, 1.82) is 0 Å². The third-order valence-electron chi connectivity index (χ3n) is 3.37. The zero-order valence-corrected chi connectivity index (χ0v) is 9.81. The first kappa shape index (κ1) is 11.6. The van der Waals surface area contributed by atoms with Crippen LogP contribution in [0, 0.1) is 5.92 Å².